The summed E-state index contributed by atoms with van der Waals surface area (Å²) in [6, 6.07) is 8.35. The number of Topliss-reactive ketones (excluding diaryl/α,β-unsaturated/α-hetero) is 1. The normalized spacial score (nSPS) is 14.6. The largest absolute Gasteiger partial charge is 0.294 e. The molecule has 2 heteroatoms. The summed E-state index contributed by atoms with van der Waals surface area (Å²) in [7, 11) is 2.02. The third-order valence-electron chi connectivity index (χ3n) is 3.92. The van der Waals surface area contributed by atoms with Gasteiger partial charge in [-0.2, -0.15) is 0 Å². The van der Waals surface area contributed by atoms with Gasteiger partial charge < -0.3 is 0 Å². The lowest BCUT2D eigenvalue weighted by molar-refractivity contribution is 0.0824. The van der Waals surface area contributed by atoms with Gasteiger partial charge in [-0.05, 0) is 39.3 Å². The van der Waals surface area contributed by atoms with E-state index in [-0.39, 0.29) is 11.8 Å². The fraction of sp³-hybridized carbons (Fsp3) is 0.562. The van der Waals surface area contributed by atoms with E-state index in [1.807, 2.05) is 38.2 Å². The van der Waals surface area contributed by atoms with E-state index < -0.39 is 0 Å². The van der Waals surface area contributed by atoms with E-state index in [0.29, 0.717) is 6.04 Å². The average molecular weight is 247 g/mol. The lowest BCUT2D eigenvalue weighted by Gasteiger charge is -2.29. The Morgan fingerprint density at radius 2 is 1.72 bits per heavy atom. The summed E-state index contributed by atoms with van der Waals surface area (Å²) in [5.41, 5.74) is 2.09. The van der Waals surface area contributed by atoms with Gasteiger partial charge in [0.25, 0.3) is 0 Å². The van der Waals surface area contributed by atoms with Crippen molar-refractivity contribution >= 4 is 5.78 Å². The molecule has 1 rings (SSSR count). The molecule has 0 heterocycles. The first-order chi connectivity index (χ1) is 8.51. The summed E-state index contributed by atoms with van der Waals surface area (Å²) >= 11 is 0. The highest BCUT2D eigenvalue weighted by Crippen LogP contribution is 2.13. The summed E-state index contributed by atoms with van der Waals surface area (Å²) in [5.74, 6) is 0.209. The molecule has 1 aromatic rings. The predicted molar refractivity (Wildman–Crippen MR) is 77.1 cm³/mol. The van der Waals surface area contributed by atoms with E-state index in [2.05, 4.69) is 25.7 Å². The molecule has 0 amide bonds. The monoisotopic (exact) mass is 247 g/mol. The zero-order chi connectivity index (χ0) is 13.7. The fourth-order valence-electron chi connectivity index (χ4n) is 2.00. The minimum atomic E-state index is -0.0626. The van der Waals surface area contributed by atoms with Gasteiger partial charge in [0.1, 0.15) is 0 Å². The zero-order valence-electron chi connectivity index (χ0n) is 12.2. The van der Waals surface area contributed by atoms with Gasteiger partial charge in [0.05, 0.1) is 6.04 Å². The predicted octanol–water partition coefficient (Wildman–Crippen LogP) is 3.55. The van der Waals surface area contributed by atoms with Crippen molar-refractivity contribution in [2.75, 3.05) is 7.05 Å². The standard InChI is InChI=1S/C16H25NO/c1-6-12(3)17(5)13(4)16(18)15-10-8-14(7-2)9-11-15/h8-13H,6-7H2,1-5H3. The first kappa shape index (κ1) is 14.9. The number of hydrogen-bond donors (Lipinski definition) is 0. The van der Waals surface area contributed by atoms with Gasteiger partial charge in [0.2, 0.25) is 0 Å². The Labute approximate surface area is 111 Å². The Hall–Kier alpha value is -1.15. The molecule has 0 bridgehead atoms. The molecule has 0 aliphatic carbocycles. The number of ketones is 1. The maximum absolute atomic E-state index is 12.4. The van der Waals surface area contributed by atoms with E-state index in [1.165, 1.54) is 5.56 Å². The molecule has 0 radical (unpaired) electrons. The molecule has 2 nitrogen and oxygen atoms in total. The molecule has 0 spiro atoms. The van der Waals surface area contributed by atoms with Crippen LogP contribution in [0, 0.1) is 0 Å². The average Bonchev–Trinajstić information content (AvgIpc) is 2.44. The van der Waals surface area contributed by atoms with Gasteiger partial charge in [-0.3, -0.25) is 9.69 Å². The second-order valence-corrected chi connectivity index (χ2v) is 5.01. The van der Waals surface area contributed by atoms with Crippen molar-refractivity contribution in [2.24, 2.45) is 0 Å². The van der Waals surface area contributed by atoms with Crippen LogP contribution in [-0.4, -0.2) is 29.8 Å². The molecule has 0 fully saturated rings. The molecule has 2 atom stereocenters. The van der Waals surface area contributed by atoms with Gasteiger partial charge in [-0.15, -0.1) is 0 Å². The maximum atomic E-state index is 12.4. The number of hydrogen-bond acceptors (Lipinski definition) is 2. The molecule has 2 unspecified atom stereocenters. The van der Waals surface area contributed by atoms with Crippen molar-refractivity contribution in [2.45, 2.75) is 52.6 Å². The van der Waals surface area contributed by atoms with E-state index in [0.717, 1.165) is 18.4 Å². The summed E-state index contributed by atoms with van der Waals surface area (Å²) in [4.78, 5) is 14.5. The van der Waals surface area contributed by atoms with Crippen LogP contribution in [-0.2, 0) is 6.42 Å². The van der Waals surface area contributed by atoms with Crippen molar-refractivity contribution in [3.05, 3.63) is 35.4 Å². The first-order valence-corrected chi connectivity index (χ1v) is 6.86. The number of rotatable bonds is 6. The Kier molecular flexibility index (Phi) is 5.54. The second-order valence-electron chi connectivity index (χ2n) is 5.01. The molecule has 18 heavy (non-hydrogen) atoms. The van der Waals surface area contributed by atoms with Crippen molar-refractivity contribution in [1.82, 2.24) is 4.90 Å². The second kappa shape index (κ2) is 6.69. The topological polar surface area (TPSA) is 20.3 Å². The van der Waals surface area contributed by atoms with Crippen LogP contribution in [0.3, 0.4) is 0 Å². The summed E-state index contributed by atoms with van der Waals surface area (Å²) in [5, 5.41) is 0. The Morgan fingerprint density at radius 3 is 2.17 bits per heavy atom. The fourth-order valence-corrected chi connectivity index (χ4v) is 2.00. The molecule has 0 aromatic heterocycles. The zero-order valence-corrected chi connectivity index (χ0v) is 12.2. The van der Waals surface area contributed by atoms with Gasteiger partial charge in [0, 0.05) is 11.6 Å². The summed E-state index contributed by atoms with van der Waals surface area (Å²) in [6.07, 6.45) is 2.07. The number of likely N-dealkylation sites (N-methyl/N-ethyl adjacent to an activating group) is 1. The number of carbonyl (C=O) groups excluding carboxylic acids is 1. The molecule has 0 aliphatic heterocycles. The highest BCUT2D eigenvalue weighted by molar-refractivity contribution is 5.99. The quantitative estimate of drug-likeness (QED) is 0.716. The SMILES string of the molecule is CCc1ccc(C(=O)C(C)N(C)C(C)CC)cc1. The van der Waals surface area contributed by atoms with Crippen molar-refractivity contribution < 1.29 is 4.79 Å². The minimum Gasteiger partial charge on any atom is -0.294 e. The van der Waals surface area contributed by atoms with E-state index in [1.54, 1.807) is 0 Å². The summed E-state index contributed by atoms with van der Waals surface area (Å²) < 4.78 is 0. The van der Waals surface area contributed by atoms with Crippen LogP contribution in [0.4, 0.5) is 0 Å². The molecule has 0 N–H and O–H groups in total. The van der Waals surface area contributed by atoms with E-state index in [4.69, 9.17) is 0 Å². The van der Waals surface area contributed by atoms with Crippen molar-refractivity contribution in [1.29, 1.82) is 0 Å². The Bertz CT molecular complexity index is 383. The highest BCUT2D eigenvalue weighted by Gasteiger charge is 2.22. The first-order valence-electron chi connectivity index (χ1n) is 6.86. The molecular formula is C16H25NO. The number of benzene rings is 1. The Morgan fingerprint density at radius 1 is 1.17 bits per heavy atom. The van der Waals surface area contributed by atoms with E-state index in [9.17, 15) is 4.79 Å². The summed E-state index contributed by atoms with van der Waals surface area (Å²) in [6.45, 7) is 8.41. The third-order valence-corrected chi connectivity index (χ3v) is 3.92. The van der Waals surface area contributed by atoms with Crippen LogP contribution in [0.25, 0.3) is 0 Å². The van der Waals surface area contributed by atoms with Gasteiger partial charge in [-0.25, -0.2) is 0 Å². The lowest BCUT2D eigenvalue weighted by atomic mass is 10.0. The van der Waals surface area contributed by atoms with Crippen LogP contribution < -0.4 is 0 Å². The molecule has 1 aromatic carbocycles. The number of aryl methyl sites for hydroxylation is 1. The number of carbonyl (C=O) groups is 1. The minimum absolute atomic E-state index is 0.0626. The van der Waals surface area contributed by atoms with Crippen LogP contribution in [0.1, 0.15) is 50.0 Å². The van der Waals surface area contributed by atoms with E-state index >= 15 is 0 Å². The van der Waals surface area contributed by atoms with Crippen molar-refractivity contribution in [3.63, 3.8) is 0 Å². The highest BCUT2D eigenvalue weighted by atomic mass is 16.1. The molecule has 0 aliphatic rings. The number of nitrogens with zero attached hydrogens (tertiary/aromatic N) is 1. The molecular weight excluding hydrogens is 222 g/mol. The van der Waals surface area contributed by atoms with Crippen LogP contribution in [0.5, 0.6) is 0 Å². The molecule has 0 saturated heterocycles. The van der Waals surface area contributed by atoms with Crippen molar-refractivity contribution in [3.8, 4) is 0 Å². The van der Waals surface area contributed by atoms with Gasteiger partial charge in [0.15, 0.2) is 5.78 Å². The lowest BCUT2D eigenvalue weighted by Crippen LogP contribution is -2.41. The molecule has 100 valence electrons. The third kappa shape index (κ3) is 3.42. The smallest absolute Gasteiger partial charge is 0.179 e. The Balaban J connectivity index is 2.79. The van der Waals surface area contributed by atoms with Gasteiger partial charge in [-0.1, -0.05) is 38.1 Å². The van der Waals surface area contributed by atoms with Crippen LogP contribution >= 0.6 is 0 Å². The van der Waals surface area contributed by atoms with Crippen LogP contribution in [0.2, 0.25) is 0 Å². The van der Waals surface area contributed by atoms with Crippen LogP contribution in [0.15, 0.2) is 24.3 Å². The molecule has 0 saturated carbocycles. The van der Waals surface area contributed by atoms with Gasteiger partial charge >= 0.3 is 0 Å². The maximum Gasteiger partial charge on any atom is 0.179 e.